The fraction of sp³-hybridized carbons (Fsp3) is 0.600. The molecule has 1 aliphatic heterocycles. The van der Waals surface area contributed by atoms with Gasteiger partial charge in [-0.25, -0.2) is 9.78 Å². The summed E-state index contributed by atoms with van der Waals surface area (Å²) < 4.78 is 12.1. The molecule has 0 unspecified atom stereocenters. The predicted octanol–water partition coefficient (Wildman–Crippen LogP) is 1.65. The van der Waals surface area contributed by atoms with Gasteiger partial charge in [0.1, 0.15) is 11.1 Å². The molecule has 9 heteroatoms. The summed E-state index contributed by atoms with van der Waals surface area (Å²) in [6, 6.07) is 3.53. The molecule has 3 heterocycles. The number of rotatable bonds is 6. The highest BCUT2D eigenvalue weighted by Crippen LogP contribution is 2.17. The third-order valence-corrected chi connectivity index (χ3v) is 4.82. The lowest BCUT2D eigenvalue weighted by atomic mass is 10.1. The normalized spacial score (nSPS) is 17.4. The Balaban J connectivity index is 1.56. The van der Waals surface area contributed by atoms with Crippen LogP contribution in [-0.2, 0) is 11.3 Å². The highest BCUT2D eigenvalue weighted by Gasteiger charge is 2.24. The Morgan fingerprint density at radius 1 is 1.31 bits per heavy atom. The zero-order valence-corrected chi connectivity index (χ0v) is 17.5. The number of carbonyl (C=O) groups is 1. The molecule has 0 aliphatic carbocycles. The average Bonchev–Trinajstić information content (AvgIpc) is 3.11. The van der Waals surface area contributed by atoms with E-state index in [1.165, 1.54) is 6.20 Å². The second-order valence-electron chi connectivity index (χ2n) is 8.28. The van der Waals surface area contributed by atoms with Crippen molar-refractivity contribution in [2.45, 2.75) is 39.3 Å². The van der Waals surface area contributed by atoms with Gasteiger partial charge in [-0.15, -0.1) is 0 Å². The molecule has 1 aliphatic rings. The number of hydrogen-bond donors (Lipinski definition) is 1. The number of nitrogens with zero attached hydrogens (tertiary/aromatic N) is 4. The number of alkyl carbamates (subject to hydrolysis) is 1. The largest absolute Gasteiger partial charge is 0.481 e. The fourth-order valence-corrected chi connectivity index (χ4v) is 3.42. The Hall–Kier alpha value is -2.68. The molecule has 2 aromatic rings. The van der Waals surface area contributed by atoms with Gasteiger partial charge >= 0.3 is 6.09 Å². The van der Waals surface area contributed by atoms with Crippen LogP contribution < -0.4 is 15.6 Å². The van der Waals surface area contributed by atoms with Gasteiger partial charge in [0.15, 0.2) is 5.65 Å². The van der Waals surface area contributed by atoms with Crippen LogP contribution in [0, 0.1) is 5.92 Å². The summed E-state index contributed by atoms with van der Waals surface area (Å²) in [7, 11) is 1.54. The molecule has 158 valence electrons. The number of carbonyl (C=O) groups excluding carboxylic acids is 1. The average molecular weight is 403 g/mol. The maximum Gasteiger partial charge on any atom is 0.407 e. The summed E-state index contributed by atoms with van der Waals surface area (Å²) in [5.41, 5.74) is 0.509. The summed E-state index contributed by atoms with van der Waals surface area (Å²) in [4.78, 5) is 35.0. The van der Waals surface area contributed by atoms with Crippen molar-refractivity contribution < 1.29 is 14.3 Å². The molecule has 2 aromatic heterocycles. The van der Waals surface area contributed by atoms with E-state index in [2.05, 4.69) is 20.2 Å². The smallest absolute Gasteiger partial charge is 0.407 e. The van der Waals surface area contributed by atoms with Gasteiger partial charge in [-0.2, -0.15) is 4.98 Å². The van der Waals surface area contributed by atoms with E-state index in [-0.39, 0.29) is 11.7 Å². The lowest BCUT2D eigenvalue weighted by molar-refractivity contribution is 0.0519. The van der Waals surface area contributed by atoms with Crippen LogP contribution in [0.15, 0.2) is 23.1 Å². The van der Waals surface area contributed by atoms with Gasteiger partial charge in [-0.05, 0) is 45.7 Å². The summed E-state index contributed by atoms with van der Waals surface area (Å²) in [6.07, 6.45) is 1.94. The van der Waals surface area contributed by atoms with Gasteiger partial charge in [-0.1, -0.05) is 0 Å². The van der Waals surface area contributed by atoms with E-state index in [9.17, 15) is 9.59 Å². The van der Waals surface area contributed by atoms with Gasteiger partial charge in [0, 0.05) is 32.2 Å². The standard InChI is InChI=1S/C20H29N5O4/c1-20(2,3)29-19(27)22-11-14-7-8-24(13-14)9-10-25-17(26)12-21-15-5-6-16(28-4)23-18(15)25/h5-6,12,14H,7-11,13H2,1-4H3,(H,22,27)/t14-/m0/s1. The molecule has 0 bridgehead atoms. The van der Waals surface area contributed by atoms with E-state index in [0.717, 1.165) is 26.1 Å². The molecule has 1 amide bonds. The van der Waals surface area contributed by atoms with Gasteiger partial charge in [0.25, 0.3) is 5.56 Å². The van der Waals surface area contributed by atoms with Crippen molar-refractivity contribution in [3.05, 3.63) is 28.7 Å². The molecule has 9 nitrogen and oxygen atoms in total. The first-order valence-electron chi connectivity index (χ1n) is 9.85. The second-order valence-corrected chi connectivity index (χ2v) is 8.28. The molecular formula is C20H29N5O4. The molecule has 0 spiro atoms. The summed E-state index contributed by atoms with van der Waals surface area (Å²) in [5, 5.41) is 2.85. The van der Waals surface area contributed by atoms with Crippen molar-refractivity contribution in [1.82, 2.24) is 24.8 Å². The minimum Gasteiger partial charge on any atom is -0.481 e. The van der Waals surface area contributed by atoms with E-state index < -0.39 is 5.60 Å². The van der Waals surface area contributed by atoms with Crippen molar-refractivity contribution in [3.63, 3.8) is 0 Å². The van der Waals surface area contributed by atoms with Crippen LogP contribution in [0.1, 0.15) is 27.2 Å². The molecule has 29 heavy (non-hydrogen) atoms. The van der Waals surface area contributed by atoms with Crippen molar-refractivity contribution in [1.29, 1.82) is 0 Å². The number of aromatic nitrogens is 3. The topological polar surface area (TPSA) is 98.6 Å². The number of amides is 1. The van der Waals surface area contributed by atoms with Crippen molar-refractivity contribution in [2.75, 3.05) is 33.3 Å². The monoisotopic (exact) mass is 403 g/mol. The van der Waals surface area contributed by atoms with Crippen molar-refractivity contribution in [2.24, 2.45) is 5.92 Å². The predicted molar refractivity (Wildman–Crippen MR) is 109 cm³/mol. The Kier molecular flexibility index (Phi) is 6.36. The number of ether oxygens (including phenoxy) is 2. The second kappa shape index (κ2) is 8.77. The minimum absolute atomic E-state index is 0.180. The SMILES string of the molecule is COc1ccc2ncc(=O)n(CCN3CC[C@@H](CNC(=O)OC(C)(C)C)C3)c2n1. The summed E-state index contributed by atoms with van der Waals surface area (Å²) >= 11 is 0. The van der Waals surface area contributed by atoms with E-state index in [0.29, 0.717) is 36.1 Å². The first kappa shape index (κ1) is 21.0. The van der Waals surface area contributed by atoms with E-state index >= 15 is 0 Å². The molecule has 1 atom stereocenters. The zero-order valence-electron chi connectivity index (χ0n) is 17.5. The molecule has 1 fully saturated rings. The number of fused-ring (bicyclic) bond motifs is 1. The van der Waals surface area contributed by atoms with E-state index in [4.69, 9.17) is 9.47 Å². The molecule has 0 radical (unpaired) electrons. The zero-order chi connectivity index (χ0) is 21.0. The molecule has 1 N–H and O–H groups in total. The van der Waals surface area contributed by atoms with Crippen LogP contribution >= 0.6 is 0 Å². The molecule has 3 rings (SSSR count). The fourth-order valence-electron chi connectivity index (χ4n) is 3.42. The van der Waals surface area contributed by atoms with Crippen LogP contribution in [0.2, 0.25) is 0 Å². The van der Waals surface area contributed by atoms with Gasteiger partial charge in [-0.3, -0.25) is 9.36 Å². The first-order valence-corrected chi connectivity index (χ1v) is 9.85. The lowest BCUT2D eigenvalue weighted by Crippen LogP contribution is -2.36. The van der Waals surface area contributed by atoms with Crippen LogP contribution in [-0.4, -0.2) is 64.4 Å². The lowest BCUT2D eigenvalue weighted by Gasteiger charge is -2.21. The van der Waals surface area contributed by atoms with Gasteiger partial charge < -0.3 is 19.7 Å². The molecular weight excluding hydrogens is 374 g/mol. The van der Waals surface area contributed by atoms with Crippen molar-refractivity contribution >= 4 is 17.3 Å². The molecule has 0 saturated carbocycles. The number of nitrogens with one attached hydrogen (secondary N) is 1. The van der Waals surface area contributed by atoms with Gasteiger partial charge in [0.2, 0.25) is 5.88 Å². The minimum atomic E-state index is -0.497. The summed E-state index contributed by atoms with van der Waals surface area (Å²) in [5.74, 6) is 0.819. The van der Waals surface area contributed by atoms with E-state index in [1.807, 2.05) is 20.8 Å². The molecule has 0 aromatic carbocycles. The maximum atomic E-state index is 12.3. The number of hydrogen-bond acceptors (Lipinski definition) is 7. The van der Waals surface area contributed by atoms with E-state index in [1.54, 1.807) is 23.8 Å². The number of methoxy groups -OCH3 is 1. The van der Waals surface area contributed by atoms with Gasteiger partial charge in [0.05, 0.1) is 13.3 Å². The van der Waals surface area contributed by atoms with Crippen LogP contribution in [0.25, 0.3) is 11.2 Å². The quantitative estimate of drug-likeness (QED) is 0.783. The number of likely N-dealkylation sites (tertiary alicyclic amines) is 1. The van der Waals surface area contributed by atoms with Crippen LogP contribution in [0.3, 0.4) is 0 Å². The van der Waals surface area contributed by atoms with Crippen LogP contribution in [0.5, 0.6) is 5.88 Å². The molecule has 1 saturated heterocycles. The third-order valence-electron chi connectivity index (χ3n) is 4.82. The third kappa shape index (κ3) is 5.66. The highest BCUT2D eigenvalue weighted by molar-refractivity contribution is 5.70. The first-order chi connectivity index (χ1) is 13.7. The van der Waals surface area contributed by atoms with Crippen LogP contribution in [0.4, 0.5) is 4.79 Å². The Labute approximate surface area is 170 Å². The Morgan fingerprint density at radius 2 is 2.10 bits per heavy atom. The highest BCUT2D eigenvalue weighted by atomic mass is 16.6. The number of pyridine rings is 1. The Bertz CT molecular complexity index is 921. The van der Waals surface area contributed by atoms with Crippen molar-refractivity contribution in [3.8, 4) is 5.88 Å². The Morgan fingerprint density at radius 3 is 2.83 bits per heavy atom. The maximum absolute atomic E-state index is 12.3. The summed E-state index contributed by atoms with van der Waals surface area (Å²) in [6.45, 7) is 9.16.